The molecule has 42 heavy (non-hydrogen) atoms. The van der Waals surface area contributed by atoms with Gasteiger partial charge < -0.3 is 25.6 Å². The number of hydrogen-bond donors (Lipinski definition) is 2. The molecular weight excluding hydrogens is 526 g/mol. The van der Waals surface area contributed by atoms with E-state index in [1.807, 2.05) is 74.5 Å². The molecule has 1 heterocycles. The maximum Gasteiger partial charge on any atom is 0.255 e. The van der Waals surface area contributed by atoms with Crippen LogP contribution in [0.4, 0.5) is 5.69 Å². The Morgan fingerprint density at radius 3 is 2.38 bits per heavy atom. The quantitative estimate of drug-likeness (QED) is 0.328. The second-order valence-corrected chi connectivity index (χ2v) is 11.1. The predicted octanol–water partition coefficient (Wildman–Crippen LogP) is 4.72. The number of carbonyl (C=O) groups excluding carboxylic acids is 2. The lowest BCUT2D eigenvalue weighted by atomic mass is 9.99. The van der Waals surface area contributed by atoms with Gasteiger partial charge in [0.25, 0.3) is 11.8 Å². The Kier molecular flexibility index (Phi) is 10.6. The van der Waals surface area contributed by atoms with Crippen molar-refractivity contribution in [2.24, 2.45) is 5.73 Å². The van der Waals surface area contributed by atoms with Crippen molar-refractivity contribution in [3.8, 4) is 11.8 Å². The molecule has 4 rings (SSSR count). The molecule has 3 N–H and O–H groups in total. The van der Waals surface area contributed by atoms with Crippen molar-refractivity contribution in [2.75, 3.05) is 31.1 Å². The summed E-state index contributed by atoms with van der Waals surface area (Å²) in [5.74, 6) is 0.0822. The fraction of sp³-hybridized carbons (Fsp3) is 0.382. The van der Waals surface area contributed by atoms with Gasteiger partial charge in [-0.2, -0.15) is 5.26 Å². The number of aryl methyl sites for hydroxylation is 2. The molecule has 1 fully saturated rings. The summed E-state index contributed by atoms with van der Waals surface area (Å²) >= 11 is 0. The molecule has 0 bridgehead atoms. The van der Waals surface area contributed by atoms with Gasteiger partial charge in [-0.15, -0.1) is 0 Å². The number of amides is 2. The molecule has 0 radical (unpaired) electrons. The number of primary amides is 1. The monoisotopic (exact) mass is 567 g/mol. The highest BCUT2D eigenvalue weighted by Gasteiger charge is 2.27. The fourth-order valence-electron chi connectivity index (χ4n) is 5.73. The molecule has 1 aliphatic heterocycles. The topological polar surface area (TPSA) is 112 Å². The van der Waals surface area contributed by atoms with E-state index in [0.717, 1.165) is 60.3 Å². The Bertz CT molecular complexity index is 1390. The SMILES string of the molecule is Cc1cccc(C)c1C(=O)NCCC(C)N1CCC(N(Cc2cccc(C#N)c2)c2ccc(OCC(N)=O)cc2)CC1. The number of piperidine rings is 1. The minimum atomic E-state index is -0.511. The molecule has 1 aliphatic rings. The summed E-state index contributed by atoms with van der Waals surface area (Å²) in [6.07, 6.45) is 2.88. The summed E-state index contributed by atoms with van der Waals surface area (Å²) in [5.41, 5.74) is 10.8. The van der Waals surface area contributed by atoms with E-state index in [9.17, 15) is 14.9 Å². The minimum Gasteiger partial charge on any atom is -0.484 e. The lowest BCUT2D eigenvalue weighted by molar-refractivity contribution is -0.119. The van der Waals surface area contributed by atoms with Crippen molar-refractivity contribution >= 4 is 17.5 Å². The first-order chi connectivity index (χ1) is 20.2. The Morgan fingerprint density at radius 1 is 1.07 bits per heavy atom. The molecule has 8 heteroatoms. The summed E-state index contributed by atoms with van der Waals surface area (Å²) in [6, 6.07) is 24.3. The number of benzene rings is 3. The maximum atomic E-state index is 12.8. The Morgan fingerprint density at radius 2 is 1.74 bits per heavy atom. The van der Waals surface area contributed by atoms with Gasteiger partial charge in [0.05, 0.1) is 11.6 Å². The van der Waals surface area contributed by atoms with Crippen molar-refractivity contribution in [2.45, 2.75) is 58.7 Å². The van der Waals surface area contributed by atoms with Crippen LogP contribution in [0.15, 0.2) is 66.7 Å². The number of rotatable bonds is 12. The molecule has 1 unspecified atom stereocenters. The fourth-order valence-corrected chi connectivity index (χ4v) is 5.73. The number of likely N-dealkylation sites (tertiary alicyclic amines) is 1. The van der Waals surface area contributed by atoms with E-state index in [1.165, 1.54) is 0 Å². The first-order valence-electron chi connectivity index (χ1n) is 14.6. The number of ether oxygens (including phenoxy) is 1. The molecule has 0 aliphatic carbocycles. The summed E-state index contributed by atoms with van der Waals surface area (Å²) in [5, 5.41) is 12.5. The molecule has 0 spiro atoms. The smallest absolute Gasteiger partial charge is 0.255 e. The molecule has 3 aromatic rings. The number of hydrogen-bond acceptors (Lipinski definition) is 6. The molecule has 3 aromatic carbocycles. The average Bonchev–Trinajstić information content (AvgIpc) is 2.99. The molecule has 0 aromatic heterocycles. The zero-order valence-corrected chi connectivity index (χ0v) is 24.8. The number of nitrogens with two attached hydrogens (primary N) is 1. The zero-order chi connectivity index (χ0) is 30.1. The maximum absolute atomic E-state index is 12.8. The van der Waals surface area contributed by atoms with Gasteiger partial charge in [-0.3, -0.25) is 9.59 Å². The lowest BCUT2D eigenvalue weighted by Crippen LogP contribution is -2.48. The summed E-state index contributed by atoms with van der Waals surface area (Å²) in [6.45, 7) is 9.28. The Hall–Kier alpha value is -4.35. The van der Waals surface area contributed by atoms with E-state index in [1.54, 1.807) is 0 Å². The van der Waals surface area contributed by atoms with E-state index >= 15 is 0 Å². The van der Waals surface area contributed by atoms with Crippen LogP contribution in [0.25, 0.3) is 0 Å². The van der Waals surface area contributed by atoms with Crippen molar-refractivity contribution in [3.63, 3.8) is 0 Å². The average molecular weight is 568 g/mol. The highest BCUT2D eigenvalue weighted by atomic mass is 16.5. The van der Waals surface area contributed by atoms with E-state index < -0.39 is 5.91 Å². The first-order valence-corrected chi connectivity index (χ1v) is 14.6. The highest BCUT2D eigenvalue weighted by molar-refractivity contribution is 5.97. The van der Waals surface area contributed by atoms with Crippen molar-refractivity contribution < 1.29 is 14.3 Å². The third-order valence-electron chi connectivity index (χ3n) is 8.08. The van der Waals surface area contributed by atoms with Gasteiger partial charge in [0.15, 0.2) is 6.61 Å². The number of carbonyl (C=O) groups is 2. The van der Waals surface area contributed by atoms with Crippen LogP contribution in [0.5, 0.6) is 5.75 Å². The van der Waals surface area contributed by atoms with E-state index in [0.29, 0.717) is 36.5 Å². The van der Waals surface area contributed by atoms with Gasteiger partial charge in [0.1, 0.15) is 5.75 Å². The van der Waals surface area contributed by atoms with Crippen molar-refractivity contribution in [3.05, 3.63) is 94.5 Å². The summed E-state index contributed by atoms with van der Waals surface area (Å²) in [7, 11) is 0. The van der Waals surface area contributed by atoms with Gasteiger partial charge >= 0.3 is 0 Å². The molecular formula is C34H41N5O3. The van der Waals surface area contributed by atoms with Crippen LogP contribution in [0.3, 0.4) is 0 Å². The first kappa shape index (κ1) is 30.6. The van der Waals surface area contributed by atoms with E-state index in [4.69, 9.17) is 10.5 Å². The summed E-state index contributed by atoms with van der Waals surface area (Å²) < 4.78 is 5.46. The lowest BCUT2D eigenvalue weighted by Gasteiger charge is -2.42. The third-order valence-corrected chi connectivity index (χ3v) is 8.08. The normalized spacial score (nSPS) is 14.5. The minimum absolute atomic E-state index is 0.00124. The van der Waals surface area contributed by atoms with Crippen LogP contribution in [0.2, 0.25) is 0 Å². The Labute approximate surface area is 249 Å². The van der Waals surface area contributed by atoms with Crippen LogP contribution in [-0.4, -0.2) is 55.0 Å². The second-order valence-electron chi connectivity index (χ2n) is 11.1. The van der Waals surface area contributed by atoms with Gasteiger partial charge in [-0.1, -0.05) is 30.3 Å². The van der Waals surface area contributed by atoms with E-state index in [2.05, 4.69) is 34.2 Å². The van der Waals surface area contributed by atoms with Crippen LogP contribution in [0.1, 0.15) is 58.8 Å². The molecule has 1 atom stereocenters. The highest BCUT2D eigenvalue weighted by Crippen LogP contribution is 2.29. The largest absolute Gasteiger partial charge is 0.484 e. The molecule has 2 amide bonds. The van der Waals surface area contributed by atoms with Crippen LogP contribution < -0.4 is 20.7 Å². The van der Waals surface area contributed by atoms with Gasteiger partial charge in [0.2, 0.25) is 0 Å². The van der Waals surface area contributed by atoms with Crippen molar-refractivity contribution in [1.29, 1.82) is 5.26 Å². The van der Waals surface area contributed by atoms with E-state index in [-0.39, 0.29) is 12.5 Å². The summed E-state index contributed by atoms with van der Waals surface area (Å²) in [4.78, 5) is 28.8. The molecule has 0 saturated carbocycles. The third kappa shape index (κ3) is 8.11. The predicted molar refractivity (Wildman–Crippen MR) is 165 cm³/mol. The Balaban J connectivity index is 1.37. The van der Waals surface area contributed by atoms with Gasteiger partial charge in [-0.25, -0.2) is 0 Å². The van der Waals surface area contributed by atoms with Crippen LogP contribution >= 0.6 is 0 Å². The molecule has 220 valence electrons. The van der Waals surface area contributed by atoms with Crippen LogP contribution in [0, 0.1) is 25.2 Å². The van der Waals surface area contributed by atoms with Gasteiger partial charge in [0, 0.05) is 49.5 Å². The van der Waals surface area contributed by atoms with Gasteiger partial charge in [-0.05, 0) is 93.1 Å². The molecule has 1 saturated heterocycles. The number of nitriles is 1. The zero-order valence-electron chi connectivity index (χ0n) is 24.8. The second kappa shape index (κ2) is 14.5. The number of nitrogens with one attached hydrogen (secondary N) is 1. The number of anilines is 1. The number of nitrogens with zero attached hydrogens (tertiary/aromatic N) is 3. The standard InChI is InChI=1S/C34H41N5O3/c1-24-6-4-7-25(2)33(24)34(41)37-17-14-26(3)38-18-15-30(16-19-38)39(22-28-9-5-8-27(20-28)21-35)29-10-12-31(13-11-29)42-23-32(36)40/h4-13,20,26,30H,14-19,22-23H2,1-3H3,(H2,36,40)(H,37,41). The molecule has 8 nitrogen and oxygen atoms in total. The van der Waals surface area contributed by atoms with Crippen molar-refractivity contribution in [1.82, 2.24) is 10.2 Å². The van der Waals surface area contributed by atoms with Crippen LogP contribution in [-0.2, 0) is 11.3 Å².